The number of aromatic amines is 1. The lowest BCUT2D eigenvalue weighted by atomic mass is 9.85. The molecule has 4 heterocycles. The Kier molecular flexibility index (Phi) is 3.70. The van der Waals surface area contributed by atoms with Crippen molar-refractivity contribution in [2.75, 3.05) is 6.61 Å². The number of ether oxygens (including phenoxy) is 2. The van der Waals surface area contributed by atoms with Gasteiger partial charge in [-0.25, -0.2) is 24.3 Å². The lowest BCUT2D eigenvalue weighted by molar-refractivity contribution is 0.289. The molecule has 4 aromatic rings. The number of nitrogens with one attached hydrogen (secondary N) is 1. The maximum Gasteiger partial charge on any atom is 0.332 e. The minimum absolute atomic E-state index is 0.167. The number of aromatic nitrogens is 5. The van der Waals surface area contributed by atoms with Crippen LogP contribution in [0.2, 0.25) is 0 Å². The quantitative estimate of drug-likeness (QED) is 0.578. The van der Waals surface area contributed by atoms with Crippen molar-refractivity contribution in [2.24, 2.45) is 0 Å². The molecule has 0 bridgehead atoms. The summed E-state index contributed by atoms with van der Waals surface area (Å²) in [6.07, 6.45) is 4.72. The van der Waals surface area contributed by atoms with Gasteiger partial charge in [0.05, 0.1) is 30.2 Å². The van der Waals surface area contributed by atoms with Gasteiger partial charge in [0.15, 0.2) is 5.65 Å². The van der Waals surface area contributed by atoms with Crippen molar-refractivity contribution >= 4 is 11.2 Å². The number of H-pyrrole nitrogens is 1. The number of hydrogen-bond donors (Lipinski definition) is 1. The Balaban J connectivity index is 1.51. The number of imidazole rings is 1. The van der Waals surface area contributed by atoms with E-state index < -0.39 is 0 Å². The number of hydrogen-bond acceptors (Lipinski definition) is 6. The average molecular weight is 389 g/mol. The highest BCUT2D eigenvalue weighted by molar-refractivity contribution is 5.72. The molecule has 8 nitrogen and oxygen atoms in total. The van der Waals surface area contributed by atoms with Gasteiger partial charge in [0.2, 0.25) is 0 Å². The average Bonchev–Trinajstić information content (AvgIpc) is 3.21. The van der Waals surface area contributed by atoms with Crippen LogP contribution in [-0.2, 0) is 5.41 Å². The molecular weight excluding hydrogens is 370 g/mol. The molecule has 0 amide bonds. The second-order valence-corrected chi connectivity index (χ2v) is 7.72. The maximum absolute atomic E-state index is 12.3. The second-order valence-electron chi connectivity index (χ2n) is 7.72. The van der Waals surface area contributed by atoms with Gasteiger partial charge >= 0.3 is 11.7 Å². The largest absolute Gasteiger partial charge is 0.492 e. The second kappa shape index (κ2) is 6.16. The third-order valence-corrected chi connectivity index (χ3v) is 5.09. The summed E-state index contributed by atoms with van der Waals surface area (Å²) in [6, 6.07) is 7.63. The summed E-state index contributed by atoms with van der Waals surface area (Å²) < 4.78 is 13.3. The summed E-state index contributed by atoms with van der Waals surface area (Å²) in [7, 11) is 0. The first kappa shape index (κ1) is 17.4. The summed E-state index contributed by atoms with van der Waals surface area (Å²) >= 11 is 0. The van der Waals surface area contributed by atoms with Crippen molar-refractivity contribution in [3.8, 4) is 23.2 Å². The van der Waals surface area contributed by atoms with Gasteiger partial charge in [-0.3, -0.25) is 0 Å². The first-order valence-electron chi connectivity index (χ1n) is 9.27. The Morgan fingerprint density at radius 2 is 1.97 bits per heavy atom. The smallest absolute Gasteiger partial charge is 0.332 e. The number of pyridine rings is 1. The highest BCUT2D eigenvalue weighted by atomic mass is 16.5. The third kappa shape index (κ3) is 2.75. The van der Waals surface area contributed by atoms with E-state index in [1.807, 2.05) is 19.1 Å². The molecule has 0 aliphatic carbocycles. The fraction of sp³-hybridized carbons (Fsp3) is 0.238. The molecule has 1 aromatic carbocycles. The molecule has 29 heavy (non-hydrogen) atoms. The Bertz CT molecular complexity index is 1290. The van der Waals surface area contributed by atoms with Gasteiger partial charge in [0, 0.05) is 17.2 Å². The van der Waals surface area contributed by atoms with Gasteiger partial charge in [-0.15, -0.1) is 0 Å². The Labute approximate surface area is 166 Å². The molecule has 0 saturated carbocycles. The van der Waals surface area contributed by atoms with Crippen LogP contribution in [0.5, 0.6) is 17.5 Å². The Morgan fingerprint density at radius 1 is 1.17 bits per heavy atom. The highest BCUT2D eigenvalue weighted by Gasteiger charge is 2.36. The molecule has 3 aromatic heterocycles. The van der Waals surface area contributed by atoms with Crippen molar-refractivity contribution in [3.63, 3.8) is 0 Å². The summed E-state index contributed by atoms with van der Waals surface area (Å²) in [5.74, 6) is 1.53. The number of aryl methyl sites for hydroxylation is 1. The van der Waals surface area contributed by atoms with Gasteiger partial charge in [0.25, 0.3) is 0 Å². The Morgan fingerprint density at radius 3 is 2.76 bits per heavy atom. The van der Waals surface area contributed by atoms with E-state index in [-0.39, 0.29) is 17.1 Å². The fourth-order valence-electron chi connectivity index (χ4n) is 3.66. The van der Waals surface area contributed by atoms with E-state index in [2.05, 4.69) is 33.8 Å². The van der Waals surface area contributed by atoms with Crippen LogP contribution in [0.1, 0.15) is 25.0 Å². The van der Waals surface area contributed by atoms with Crippen LogP contribution >= 0.6 is 0 Å². The summed E-state index contributed by atoms with van der Waals surface area (Å²) in [4.78, 5) is 27.9. The molecule has 5 rings (SSSR count). The van der Waals surface area contributed by atoms with Gasteiger partial charge in [-0.2, -0.15) is 0 Å². The van der Waals surface area contributed by atoms with E-state index >= 15 is 0 Å². The van der Waals surface area contributed by atoms with Crippen molar-refractivity contribution in [1.29, 1.82) is 0 Å². The van der Waals surface area contributed by atoms with Gasteiger partial charge in [-0.05, 0) is 30.7 Å². The Hall–Kier alpha value is -3.68. The van der Waals surface area contributed by atoms with Gasteiger partial charge < -0.3 is 14.5 Å². The van der Waals surface area contributed by atoms with E-state index in [4.69, 9.17) is 9.47 Å². The molecule has 146 valence electrons. The SMILES string of the molecule is Cc1ccc(Oc2ncc(-n3c(=O)[nH]c4cccnc43)cn2)c2c1OCC2(C)C. The van der Waals surface area contributed by atoms with Crippen molar-refractivity contribution < 1.29 is 9.47 Å². The van der Waals surface area contributed by atoms with Crippen LogP contribution in [0, 0.1) is 6.92 Å². The molecule has 0 saturated heterocycles. The van der Waals surface area contributed by atoms with E-state index in [0.29, 0.717) is 29.2 Å². The number of rotatable bonds is 3. The molecule has 0 fully saturated rings. The number of fused-ring (bicyclic) bond motifs is 2. The monoisotopic (exact) mass is 389 g/mol. The van der Waals surface area contributed by atoms with Gasteiger partial charge in [0.1, 0.15) is 11.5 Å². The normalized spacial score (nSPS) is 14.6. The zero-order valence-electron chi connectivity index (χ0n) is 16.3. The summed E-state index contributed by atoms with van der Waals surface area (Å²) in [6.45, 7) is 6.85. The van der Waals surface area contributed by atoms with Crippen LogP contribution in [0.15, 0.2) is 47.7 Å². The molecule has 0 atom stereocenters. The van der Waals surface area contributed by atoms with Crippen LogP contribution < -0.4 is 15.2 Å². The van der Waals surface area contributed by atoms with Gasteiger partial charge in [-0.1, -0.05) is 19.9 Å². The molecule has 0 unspecified atom stereocenters. The summed E-state index contributed by atoms with van der Waals surface area (Å²) in [5, 5.41) is 0. The van der Waals surface area contributed by atoms with E-state index in [9.17, 15) is 4.79 Å². The first-order valence-corrected chi connectivity index (χ1v) is 9.27. The number of benzene rings is 1. The lowest BCUT2D eigenvalue weighted by Gasteiger charge is -2.19. The zero-order chi connectivity index (χ0) is 20.2. The van der Waals surface area contributed by atoms with Crippen molar-refractivity contribution in [2.45, 2.75) is 26.2 Å². The van der Waals surface area contributed by atoms with Crippen molar-refractivity contribution in [1.82, 2.24) is 24.5 Å². The minimum atomic E-state index is -0.300. The third-order valence-electron chi connectivity index (χ3n) is 5.09. The van der Waals surface area contributed by atoms with Crippen LogP contribution in [0.3, 0.4) is 0 Å². The van der Waals surface area contributed by atoms with E-state index in [1.165, 1.54) is 4.57 Å². The first-order chi connectivity index (χ1) is 13.9. The predicted octanol–water partition coefficient (Wildman–Crippen LogP) is 3.27. The molecule has 1 aliphatic heterocycles. The molecular formula is C21H19N5O3. The molecule has 0 spiro atoms. The molecule has 0 radical (unpaired) electrons. The van der Waals surface area contributed by atoms with Crippen LogP contribution in [-0.4, -0.2) is 31.1 Å². The van der Waals surface area contributed by atoms with Crippen molar-refractivity contribution in [3.05, 3.63) is 64.5 Å². The van der Waals surface area contributed by atoms with Crippen LogP contribution in [0.25, 0.3) is 16.9 Å². The minimum Gasteiger partial charge on any atom is -0.492 e. The van der Waals surface area contributed by atoms with Crippen LogP contribution in [0.4, 0.5) is 0 Å². The van der Waals surface area contributed by atoms with E-state index in [0.717, 1.165) is 16.9 Å². The standard InChI is InChI=1S/C21H19N5O3/c1-12-6-7-15(16-17(12)28-11-21(16,2)3)29-19-23-9-13(10-24-19)26-18-14(25-20(26)27)5-4-8-22-18/h4-10H,11H2,1-3H3,(H,25,27). The predicted molar refractivity (Wildman–Crippen MR) is 107 cm³/mol. The lowest BCUT2D eigenvalue weighted by Crippen LogP contribution is -2.19. The molecule has 8 heteroatoms. The zero-order valence-corrected chi connectivity index (χ0v) is 16.3. The highest BCUT2D eigenvalue weighted by Crippen LogP contribution is 2.46. The molecule has 1 N–H and O–H groups in total. The number of nitrogens with zero attached hydrogens (tertiary/aromatic N) is 4. The summed E-state index contributed by atoms with van der Waals surface area (Å²) in [5.41, 5.74) is 3.29. The van der Waals surface area contributed by atoms with E-state index in [1.54, 1.807) is 30.7 Å². The fourth-order valence-corrected chi connectivity index (χ4v) is 3.66. The molecule has 1 aliphatic rings. The maximum atomic E-state index is 12.3. The topological polar surface area (TPSA) is 94.9 Å².